The first-order valence-corrected chi connectivity index (χ1v) is 9.58. The van der Waals surface area contributed by atoms with E-state index in [2.05, 4.69) is 41.9 Å². The Morgan fingerprint density at radius 1 is 1.07 bits per heavy atom. The molecule has 4 heterocycles. The normalized spacial score (nSPS) is 17.3. The first kappa shape index (κ1) is 17.2. The van der Waals surface area contributed by atoms with Crippen molar-refractivity contribution < 1.29 is 9.47 Å². The third-order valence-corrected chi connectivity index (χ3v) is 5.56. The van der Waals surface area contributed by atoms with Gasteiger partial charge in [0.15, 0.2) is 17.3 Å². The summed E-state index contributed by atoms with van der Waals surface area (Å²) in [6.07, 6.45) is 5.40. The lowest BCUT2D eigenvalue weighted by Gasteiger charge is -2.31. The molecule has 146 valence electrons. The molecule has 0 N–H and O–H groups in total. The van der Waals surface area contributed by atoms with Gasteiger partial charge in [-0.25, -0.2) is 9.67 Å². The van der Waals surface area contributed by atoms with Gasteiger partial charge >= 0.3 is 0 Å². The van der Waals surface area contributed by atoms with Crippen molar-refractivity contribution in [1.82, 2.24) is 34.4 Å². The zero-order valence-electron chi connectivity index (χ0n) is 15.9. The van der Waals surface area contributed by atoms with Crippen molar-refractivity contribution >= 4 is 0 Å². The Hall–Kier alpha value is -2.94. The maximum Gasteiger partial charge on any atom is 0.231 e. The molecular weight excluding hydrogens is 358 g/mol. The number of rotatable bonds is 5. The smallest absolute Gasteiger partial charge is 0.231 e. The number of likely N-dealkylation sites (tertiary alicyclic amines) is 1. The summed E-state index contributed by atoms with van der Waals surface area (Å²) in [6, 6.07) is 6.22. The van der Waals surface area contributed by atoms with Gasteiger partial charge in [-0.05, 0) is 43.6 Å². The minimum absolute atomic E-state index is 0.320. The molecule has 1 fully saturated rings. The van der Waals surface area contributed by atoms with Gasteiger partial charge in [0.1, 0.15) is 25.0 Å². The van der Waals surface area contributed by atoms with Gasteiger partial charge in [-0.15, -0.1) is 10.2 Å². The molecule has 0 amide bonds. The summed E-state index contributed by atoms with van der Waals surface area (Å²) < 4.78 is 14.8. The highest BCUT2D eigenvalue weighted by Crippen LogP contribution is 2.33. The second kappa shape index (κ2) is 7.23. The highest BCUT2D eigenvalue weighted by molar-refractivity contribution is 5.44. The third-order valence-electron chi connectivity index (χ3n) is 5.56. The Balaban J connectivity index is 1.20. The Kier molecular flexibility index (Phi) is 4.44. The Labute approximate surface area is 162 Å². The second-order valence-corrected chi connectivity index (χ2v) is 7.36. The molecular formula is C19H23N7O2. The summed E-state index contributed by atoms with van der Waals surface area (Å²) in [7, 11) is 2.04. The van der Waals surface area contributed by atoms with Crippen molar-refractivity contribution in [3.05, 3.63) is 48.1 Å². The summed E-state index contributed by atoms with van der Waals surface area (Å²) >= 11 is 0. The number of aromatic nitrogens is 6. The molecule has 0 unspecified atom stereocenters. The molecule has 0 saturated carbocycles. The molecule has 0 aliphatic carbocycles. The van der Waals surface area contributed by atoms with Crippen molar-refractivity contribution in [1.29, 1.82) is 0 Å². The van der Waals surface area contributed by atoms with Gasteiger partial charge in [-0.1, -0.05) is 6.07 Å². The SMILES string of the molecule is Cn1c(Cn2cncn2)nnc1C1CCN(Cc2ccc3c(c2)OCO3)CC1. The van der Waals surface area contributed by atoms with E-state index in [9.17, 15) is 0 Å². The van der Waals surface area contributed by atoms with Gasteiger partial charge in [0.25, 0.3) is 0 Å². The largest absolute Gasteiger partial charge is 0.454 e. The number of hydrogen-bond acceptors (Lipinski definition) is 7. The summed E-state index contributed by atoms with van der Waals surface area (Å²) in [5.41, 5.74) is 1.26. The number of hydrogen-bond donors (Lipinski definition) is 0. The molecule has 0 bridgehead atoms. The number of ether oxygens (including phenoxy) is 2. The van der Waals surface area contributed by atoms with Crippen LogP contribution in [-0.4, -0.2) is 54.3 Å². The van der Waals surface area contributed by atoms with E-state index in [4.69, 9.17) is 9.47 Å². The fraction of sp³-hybridized carbons (Fsp3) is 0.474. The predicted octanol–water partition coefficient (Wildman–Crippen LogP) is 1.56. The maximum atomic E-state index is 5.49. The van der Waals surface area contributed by atoms with Crippen molar-refractivity contribution in [2.24, 2.45) is 7.05 Å². The molecule has 3 aromatic rings. The van der Waals surface area contributed by atoms with Crippen LogP contribution < -0.4 is 9.47 Å². The summed E-state index contributed by atoms with van der Waals surface area (Å²) in [4.78, 5) is 6.47. The fourth-order valence-corrected chi connectivity index (χ4v) is 3.97. The number of piperidine rings is 1. The van der Waals surface area contributed by atoms with E-state index in [1.165, 1.54) is 11.9 Å². The van der Waals surface area contributed by atoms with Crippen LogP contribution >= 0.6 is 0 Å². The summed E-state index contributed by atoms with van der Waals surface area (Å²) in [5.74, 6) is 4.11. The first-order valence-electron chi connectivity index (χ1n) is 9.58. The molecule has 0 radical (unpaired) electrons. The van der Waals surface area contributed by atoms with Crippen LogP contribution in [-0.2, 0) is 20.1 Å². The predicted molar refractivity (Wildman–Crippen MR) is 99.9 cm³/mol. The number of fused-ring (bicyclic) bond motifs is 1. The molecule has 2 aliphatic rings. The standard InChI is InChI=1S/C19H23N7O2/c1-24-18(10-26-12-20-11-21-26)22-23-19(24)15-4-6-25(7-5-15)9-14-2-3-16-17(8-14)28-13-27-16/h2-3,8,11-12,15H,4-7,9-10,13H2,1H3. The Morgan fingerprint density at radius 2 is 1.93 bits per heavy atom. The quantitative estimate of drug-likeness (QED) is 0.663. The van der Waals surface area contributed by atoms with Crippen LogP contribution in [0.2, 0.25) is 0 Å². The first-order chi connectivity index (χ1) is 13.8. The van der Waals surface area contributed by atoms with Gasteiger partial charge in [-0.3, -0.25) is 4.90 Å². The average Bonchev–Trinajstić information content (AvgIpc) is 3.45. The van der Waals surface area contributed by atoms with Crippen LogP contribution in [0.3, 0.4) is 0 Å². The van der Waals surface area contributed by atoms with Gasteiger partial charge < -0.3 is 14.0 Å². The van der Waals surface area contributed by atoms with E-state index in [-0.39, 0.29) is 0 Å². The van der Waals surface area contributed by atoms with Gasteiger partial charge in [0.05, 0.1) is 0 Å². The van der Waals surface area contributed by atoms with Crippen molar-refractivity contribution in [3.63, 3.8) is 0 Å². The van der Waals surface area contributed by atoms with Crippen LogP contribution in [0.5, 0.6) is 11.5 Å². The summed E-state index contributed by atoms with van der Waals surface area (Å²) in [6.45, 7) is 3.93. The lowest BCUT2D eigenvalue weighted by Crippen LogP contribution is -2.33. The van der Waals surface area contributed by atoms with E-state index in [0.29, 0.717) is 19.3 Å². The molecule has 9 heteroatoms. The van der Waals surface area contributed by atoms with Gasteiger partial charge in [0.2, 0.25) is 6.79 Å². The highest BCUT2D eigenvalue weighted by Gasteiger charge is 2.25. The van der Waals surface area contributed by atoms with E-state index >= 15 is 0 Å². The molecule has 1 saturated heterocycles. The Bertz CT molecular complexity index is 945. The highest BCUT2D eigenvalue weighted by atomic mass is 16.7. The Morgan fingerprint density at radius 3 is 2.75 bits per heavy atom. The minimum Gasteiger partial charge on any atom is -0.454 e. The van der Waals surface area contributed by atoms with Crippen LogP contribution in [0.4, 0.5) is 0 Å². The molecule has 2 aromatic heterocycles. The van der Waals surface area contributed by atoms with E-state index < -0.39 is 0 Å². The average molecular weight is 381 g/mol. The topological polar surface area (TPSA) is 83.1 Å². The molecule has 0 atom stereocenters. The zero-order valence-corrected chi connectivity index (χ0v) is 15.9. The van der Waals surface area contributed by atoms with Crippen molar-refractivity contribution in [2.75, 3.05) is 19.9 Å². The third kappa shape index (κ3) is 3.33. The van der Waals surface area contributed by atoms with Crippen LogP contribution in [0.25, 0.3) is 0 Å². The monoisotopic (exact) mass is 381 g/mol. The minimum atomic E-state index is 0.320. The molecule has 1 aromatic carbocycles. The molecule has 28 heavy (non-hydrogen) atoms. The number of nitrogens with zero attached hydrogens (tertiary/aromatic N) is 7. The molecule has 9 nitrogen and oxygen atoms in total. The van der Waals surface area contributed by atoms with E-state index in [1.54, 1.807) is 11.0 Å². The fourth-order valence-electron chi connectivity index (χ4n) is 3.97. The van der Waals surface area contributed by atoms with Crippen molar-refractivity contribution in [2.45, 2.75) is 31.8 Å². The number of benzene rings is 1. The maximum absolute atomic E-state index is 5.49. The molecule has 0 spiro atoms. The van der Waals surface area contributed by atoms with Crippen LogP contribution in [0.15, 0.2) is 30.9 Å². The van der Waals surface area contributed by atoms with E-state index in [1.807, 2.05) is 13.1 Å². The molecule has 5 rings (SSSR count). The van der Waals surface area contributed by atoms with Crippen LogP contribution in [0, 0.1) is 0 Å². The molecule has 2 aliphatic heterocycles. The van der Waals surface area contributed by atoms with Gasteiger partial charge in [0, 0.05) is 19.5 Å². The summed E-state index contributed by atoms with van der Waals surface area (Å²) in [5, 5.41) is 13.0. The lowest BCUT2D eigenvalue weighted by molar-refractivity contribution is 0.173. The van der Waals surface area contributed by atoms with Crippen molar-refractivity contribution in [3.8, 4) is 11.5 Å². The second-order valence-electron chi connectivity index (χ2n) is 7.36. The zero-order chi connectivity index (χ0) is 18.9. The lowest BCUT2D eigenvalue weighted by atomic mass is 9.95. The van der Waals surface area contributed by atoms with E-state index in [0.717, 1.165) is 55.6 Å². The van der Waals surface area contributed by atoms with Crippen LogP contribution in [0.1, 0.15) is 36.0 Å². The van der Waals surface area contributed by atoms with Gasteiger partial charge in [-0.2, -0.15) is 5.10 Å².